The molecule has 0 heterocycles. The molecule has 0 aromatic rings. The fraction of sp³-hybridized carbons (Fsp3) is 0.500. The zero-order chi connectivity index (χ0) is 9.02. The van der Waals surface area contributed by atoms with E-state index in [0.29, 0.717) is 0 Å². The molecule has 0 atom stereocenters. The first-order chi connectivity index (χ1) is 4.95. The fourth-order valence-electron chi connectivity index (χ4n) is 0.500. The normalized spacial score (nSPS) is 9.73. The van der Waals surface area contributed by atoms with Crippen molar-refractivity contribution < 1.29 is 29.9 Å². The van der Waals surface area contributed by atoms with Crippen LogP contribution in [0.15, 0.2) is 0 Å². The molecule has 0 bridgehead atoms. The Kier molecular flexibility index (Phi) is 3.56. The van der Waals surface area contributed by atoms with E-state index >= 15 is 0 Å². The van der Waals surface area contributed by atoms with Crippen LogP contribution in [0.5, 0.6) is 0 Å². The molecular formula is C4H5BO6-2. The van der Waals surface area contributed by atoms with E-state index in [0.717, 1.165) is 0 Å². The van der Waals surface area contributed by atoms with Gasteiger partial charge in [-0.3, -0.25) is 9.59 Å². The van der Waals surface area contributed by atoms with Crippen molar-refractivity contribution in [1.82, 2.24) is 0 Å². The first-order valence-electron chi connectivity index (χ1n) is 2.72. The summed E-state index contributed by atoms with van der Waals surface area (Å²) in [5.74, 6) is -5.20. The van der Waals surface area contributed by atoms with Gasteiger partial charge in [-0.25, -0.2) is 0 Å². The lowest BCUT2D eigenvalue weighted by atomic mass is 9.78. The Balaban J connectivity index is 4.12. The first-order valence-corrected chi connectivity index (χ1v) is 2.72. The fourth-order valence-corrected chi connectivity index (χ4v) is 0.500. The van der Waals surface area contributed by atoms with Crippen LogP contribution in [0.2, 0.25) is 6.32 Å². The van der Waals surface area contributed by atoms with Crippen molar-refractivity contribution in [3.05, 3.63) is 0 Å². The van der Waals surface area contributed by atoms with Gasteiger partial charge in [0.25, 0.3) is 0 Å². The zero-order valence-electron chi connectivity index (χ0n) is 5.39. The van der Waals surface area contributed by atoms with Crippen LogP contribution >= 0.6 is 0 Å². The van der Waals surface area contributed by atoms with Gasteiger partial charge < -0.3 is 20.3 Å². The molecule has 0 unspecified atom stereocenters. The number of carbonyl (C=O) groups is 2. The molecule has 6 nitrogen and oxygen atoms in total. The Labute approximate surface area is 62.2 Å². The first kappa shape index (κ1) is 9.92. The average molecular weight is 160 g/mol. The summed E-state index contributed by atoms with van der Waals surface area (Å²) in [6, 6.07) is 0. The number of rotatable bonds is 4. The third kappa shape index (κ3) is 3.59. The number of hydrogen-bond acceptors (Lipinski definition) is 4. The summed E-state index contributed by atoms with van der Waals surface area (Å²) in [5.41, 5.74) is 0. The van der Waals surface area contributed by atoms with Gasteiger partial charge in [-0.1, -0.05) is 6.32 Å². The summed E-state index contributed by atoms with van der Waals surface area (Å²) < 4.78 is 0. The van der Waals surface area contributed by atoms with Gasteiger partial charge in [-0.2, -0.15) is 0 Å². The van der Waals surface area contributed by atoms with E-state index in [2.05, 4.69) is 0 Å². The van der Waals surface area contributed by atoms with Crippen molar-refractivity contribution in [2.45, 2.75) is 6.32 Å². The Morgan fingerprint density at radius 3 is 1.73 bits per heavy atom. The highest BCUT2D eigenvalue weighted by molar-refractivity contribution is 6.38. The maximum absolute atomic E-state index is 10.0. The highest BCUT2D eigenvalue weighted by Gasteiger charge is 2.23. The van der Waals surface area contributed by atoms with E-state index in [-0.39, 0.29) is 0 Å². The van der Waals surface area contributed by atoms with Crippen LogP contribution in [0, 0.1) is 5.92 Å². The molecule has 0 radical (unpaired) electrons. The molecule has 0 aromatic carbocycles. The Bertz CT molecular complexity index is 152. The summed E-state index contributed by atoms with van der Waals surface area (Å²) in [5, 5.41) is 36.0. The minimum Gasteiger partial charge on any atom is -0.893 e. The van der Waals surface area contributed by atoms with E-state index in [9.17, 15) is 19.6 Å². The van der Waals surface area contributed by atoms with Gasteiger partial charge in [-0.05, 0) is 0 Å². The van der Waals surface area contributed by atoms with Crippen LogP contribution in [0.3, 0.4) is 0 Å². The average Bonchev–Trinajstić information content (AvgIpc) is 1.81. The minimum atomic E-state index is -2.41. The summed E-state index contributed by atoms with van der Waals surface area (Å²) in [4.78, 5) is 20.0. The predicted molar refractivity (Wildman–Crippen MR) is 29.3 cm³/mol. The molecule has 0 amide bonds. The monoisotopic (exact) mass is 160 g/mol. The molecule has 2 N–H and O–H groups in total. The molecule has 0 aliphatic carbocycles. The van der Waals surface area contributed by atoms with E-state index in [4.69, 9.17) is 10.2 Å². The number of aliphatic carboxylic acids is 2. The molecule has 62 valence electrons. The van der Waals surface area contributed by atoms with Gasteiger partial charge in [0, 0.05) is 0 Å². The second kappa shape index (κ2) is 3.94. The molecule has 0 aromatic heterocycles. The van der Waals surface area contributed by atoms with Crippen LogP contribution < -0.4 is 10.0 Å². The number of carboxylic acid groups (broad SMARTS) is 2. The van der Waals surface area contributed by atoms with E-state index in [1.807, 2.05) is 0 Å². The van der Waals surface area contributed by atoms with Gasteiger partial charge in [0.05, 0.1) is 0 Å². The largest absolute Gasteiger partial charge is 0.893 e. The lowest BCUT2D eigenvalue weighted by Gasteiger charge is -2.27. The molecule has 0 aliphatic heterocycles. The van der Waals surface area contributed by atoms with Crippen LogP contribution in [0.4, 0.5) is 0 Å². The predicted octanol–water partition coefficient (Wildman–Crippen LogP) is -3.02. The lowest BCUT2D eigenvalue weighted by Crippen LogP contribution is -2.48. The van der Waals surface area contributed by atoms with Crippen molar-refractivity contribution in [2.24, 2.45) is 5.92 Å². The van der Waals surface area contributed by atoms with Gasteiger partial charge in [0.1, 0.15) is 5.92 Å². The standard InChI is InChI=1S/C4H5BO6/c6-3(7)2(4(8)9)1-5(10)11/h2H,1H2,(H,6,7)(H,8,9)/q-2. The Hall–Kier alpha value is -1.08. The van der Waals surface area contributed by atoms with Gasteiger partial charge in [0.2, 0.25) is 0 Å². The maximum atomic E-state index is 10.0. The third-order valence-electron chi connectivity index (χ3n) is 1.02. The lowest BCUT2D eigenvalue weighted by molar-refractivity contribution is -0.349. The topological polar surface area (TPSA) is 121 Å². The van der Waals surface area contributed by atoms with E-state index < -0.39 is 31.3 Å². The molecule has 0 saturated heterocycles. The Morgan fingerprint density at radius 2 is 1.64 bits per heavy atom. The highest BCUT2D eigenvalue weighted by atomic mass is 16.4. The SMILES string of the molecule is O=C(O)C(CB([O-])[O-])C(=O)O. The van der Waals surface area contributed by atoms with Crippen molar-refractivity contribution in [2.75, 3.05) is 0 Å². The molecule has 0 aliphatic rings. The van der Waals surface area contributed by atoms with E-state index in [1.54, 1.807) is 0 Å². The highest BCUT2D eigenvalue weighted by Crippen LogP contribution is 2.03. The quantitative estimate of drug-likeness (QED) is 0.333. The van der Waals surface area contributed by atoms with Crippen molar-refractivity contribution in [3.8, 4) is 0 Å². The third-order valence-corrected chi connectivity index (χ3v) is 1.02. The number of carboxylic acids is 2. The second-order valence-electron chi connectivity index (χ2n) is 1.89. The summed E-state index contributed by atoms with van der Waals surface area (Å²) in [7, 11) is -2.41. The molecular weight excluding hydrogens is 155 g/mol. The van der Waals surface area contributed by atoms with Gasteiger partial charge in [-0.15, -0.1) is 7.12 Å². The minimum absolute atomic E-state index is 0.926. The van der Waals surface area contributed by atoms with Crippen LogP contribution in [-0.4, -0.2) is 29.3 Å². The second-order valence-corrected chi connectivity index (χ2v) is 1.89. The Morgan fingerprint density at radius 1 is 1.27 bits per heavy atom. The maximum Gasteiger partial charge on any atom is 0.317 e. The van der Waals surface area contributed by atoms with Gasteiger partial charge >= 0.3 is 11.9 Å². The molecule has 11 heavy (non-hydrogen) atoms. The molecule has 0 saturated carbocycles. The number of hydrogen-bond donors (Lipinski definition) is 2. The van der Waals surface area contributed by atoms with Crippen molar-refractivity contribution in [1.29, 1.82) is 0 Å². The smallest absolute Gasteiger partial charge is 0.317 e. The molecule has 0 spiro atoms. The summed E-state index contributed by atoms with van der Waals surface area (Å²) in [6.45, 7) is 0. The van der Waals surface area contributed by atoms with Crippen molar-refractivity contribution in [3.63, 3.8) is 0 Å². The van der Waals surface area contributed by atoms with Crippen LogP contribution in [-0.2, 0) is 9.59 Å². The summed E-state index contributed by atoms with van der Waals surface area (Å²) in [6.07, 6.45) is -0.926. The molecule has 7 heteroatoms. The van der Waals surface area contributed by atoms with Crippen LogP contribution in [0.25, 0.3) is 0 Å². The van der Waals surface area contributed by atoms with Gasteiger partial charge in [0.15, 0.2) is 0 Å². The van der Waals surface area contributed by atoms with Crippen LogP contribution in [0.1, 0.15) is 0 Å². The summed E-state index contributed by atoms with van der Waals surface area (Å²) >= 11 is 0. The molecule has 0 fully saturated rings. The zero-order valence-corrected chi connectivity index (χ0v) is 5.39. The van der Waals surface area contributed by atoms with Crippen molar-refractivity contribution >= 4 is 19.1 Å². The van der Waals surface area contributed by atoms with E-state index in [1.165, 1.54) is 0 Å². The molecule has 0 rings (SSSR count).